The van der Waals surface area contributed by atoms with Gasteiger partial charge in [-0.25, -0.2) is 4.79 Å². The van der Waals surface area contributed by atoms with Crippen LogP contribution in [0.1, 0.15) is 5.56 Å². The molecule has 7 heteroatoms. The van der Waals surface area contributed by atoms with Crippen molar-refractivity contribution in [1.82, 2.24) is 9.55 Å². The van der Waals surface area contributed by atoms with Gasteiger partial charge in [0.25, 0.3) is 5.56 Å². The summed E-state index contributed by atoms with van der Waals surface area (Å²) in [5.41, 5.74) is 1.58. The molecule has 0 aliphatic heterocycles. The molecule has 0 aliphatic rings. The molecule has 2 aromatic heterocycles. The van der Waals surface area contributed by atoms with Crippen LogP contribution in [0.15, 0.2) is 71.8 Å². The van der Waals surface area contributed by atoms with Crippen molar-refractivity contribution in [3.05, 3.63) is 82.9 Å². The number of pyridine rings is 2. The van der Waals surface area contributed by atoms with Crippen molar-refractivity contribution in [2.45, 2.75) is 13.2 Å². The number of aldehydes is 1. The minimum atomic E-state index is -0.747. The summed E-state index contributed by atoms with van der Waals surface area (Å²) in [5, 5.41) is 2.43. The molecule has 2 heterocycles. The van der Waals surface area contributed by atoms with Gasteiger partial charge in [-0.1, -0.05) is 30.3 Å². The Morgan fingerprint density at radius 2 is 1.93 bits per heavy atom. The summed E-state index contributed by atoms with van der Waals surface area (Å²) in [6, 6.07) is 15.8. The van der Waals surface area contributed by atoms with E-state index < -0.39 is 11.7 Å². The minimum Gasteiger partial charge on any atom is -0.444 e. The fourth-order valence-electron chi connectivity index (χ4n) is 2.56. The van der Waals surface area contributed by atoms with Gasteiger partial charge in [0.05, 0.1) is 12.2 Å². The first-order valence-electron chi connectivity index (χ1n) is 8.24. The van der Waals surface area contributed by atoms with Gasteiger partial charge in [-0.15, -0.1) is 0 Å². The van der Waals surface area contributed by atoms with Gasteiger partial charge in [0.2, 0.25) is 0 Å². The lowest BCUT2D eigenvalue weighted by Gasteiger charge is -2.13. The summed E-state index contributed by atoms with van der Waals surface area (Å²) in [6.45, 7) is -0.0549. The maximum atomic E-state index is 12.7. The highest BCUT2D eigenvalue weighted by atomic mass is 16.5. The Hall–Kier alpha value is -3.74. The van der Waals surface area contributed by atoms with Crippen LogP contribution in [0.4, 0.5) is 10.5 Å². The molecule has 136 valence electrons. The van der Waals surface area contributed by atoms with Crippen LogP contribution < -0.4 is 10.9 Å². The van der Waals surface area contributed by atoms with Crippen molar-refractivity contribution in [2.75, 3.05) is 5.32 Å². The lowest BCUT2D eigenvalue weighted by molar-refractivity contribution is -0.108. The number of carbonyl (C=O) groups excluding carboxylic acids is 2. The standard InChI is InChI=1S/C20H17N3O4/c24-12-11-23-18(16-7-4-10-21-13-16)9-8-17(19(23)25)22-20(26)27-14-15-5-2-1-3-6-15/h1-10,12-13H,11,14H2,(H,22,26). The SMILES string of the molecule is O=CCn1c(-c2cccnc2)ccc(NC(=O)OCc2ccccc2)c1=O. The molecule has 3 rings (SSSR count). The van der Waals surface area contributed by atoms with Crippen LogP contribution in [0.5, 0.6) is 0 Å². The van der Waals surface area contributed by atoms with E-state index in [1.165, 1.54) is 10.6 Å². The third-order valence-electron chi connectivity index (χ3n) is 3.84. The molecule has 7 nitrogen and oxygen atoms in total. The first-order chi connectivity index (χ1) is 13.2. The summed E-state index contributed by atoms with van der Waals surface area (Å²) >= 11 is 0. The predicted molar refractivity (Wildman–Crippen MR) is 100 cm³/mol. The zero-order chi connectivity index (χ0) is 19.1. The number of hydrogen-bond donors (Lipinski definition) is 1. The molecule has 1 amide bonds. The summed E-state index contributed by atoms with van der Waals surface area (Å²) < 4.78 is 6.40. The summed E-state index contributed by atoms with van der Waals surface area (Å²) in [7, 11) is 0. The zero-order valence-electron chi connectivity index (χ0n) is 14.4. The van der Waals surface area contributed by atoms with E-state index in [0.717, 1.165) is 5.56 Å². The molecule has 0 spiro atoms. The highest BCUT2D eigenvalue weighted by Gasteiger charge is 2.13. The van der Waals surface area contributed by atoms with Gasteiger partial charge in [-0.3, -0.25) is 19.7 Å². The molecule has 0 radical (unpaired) electrons. The predicted octanol–water partition coefficient (Wildman–Crippen LogP) is 2.86. The van der Waals surface area contributed by atoms with E-state index in [9.17, 15) is 14.4 Å². The smallest absolute Gasteiger partial charge is 0.412 e. The summed E-state index contributed by atoms with van der Waals surface area (Å²) in [4.78, 5) is 39.7. The molecular formula is C20H17N3O4. The van der Waals surface area contributed by atoms with E-state index in [4.69, 9.17) is 4.74 Å². The number of rotatable bonds is 6. The molecule has 0 unspecified atom stereocenters. The van der Waals surface area contributed by atoms with Gasteiger partial charge in [0.1, 0.15) is 18.6 Å². The van der Waals surface area contributed by atoms with Crippen LogP contribution in [0.2, 0.25) is 0 Å². The van der Waals surface area contributed by atoms with Crippen LogP contribution in [0, 0.1) is 0 Å². The van der Waals surface area contributed by atoms with E-state index in [-0.39, 0.29) is 18.8 Å². The number of aromatic nitrogens is 2. The maximum Gasteiger partial charge on any atom is 0.412 e. The van der Waals surface area contributed by atoms with E-state index in [0.29, 0.717) is 17.5 Å². The quantitative estimate of drug-likeness (QED) is 0.680. The number of ether oxygens (including phenoxy) is 1. The van der Waals surface area contributed by atoms with Gasteiger partial charge in [0.15, 0.2) is 0 Å². The lowest BCUT2D eigenvalue weighted by atomic mass is 10.1. The van der Waals surface area contributed by atoms with E-state index >= 15 is 0 Å². The van der Waals surface area contributed by atoms with E-state index in [2.05, 4.69) is 10.3 Å². The van der Waals surface area contributed by atoms with Crippen molar-refractivity contribution in [1.29, 1.82) is 0 Å². The van der Waals surface area contributed by atoms with Crippen LogP contribution in [-0.2, 0) is 22.7 Å². The second-order valence-electron chi connectivity index (χ2n) is 5.64. The molecule has 27 heavy (non-hydrogen) atoms. The molecular weight excluding hydrogens is 346 g/mol. The second kappa shape index (κ2) is 8.57. The normalized spacial score (nSPS) is 10.2. The van der Waals surface area contributed by atoms with Gasteiger partial charge >= 0.3 is 6.09 Å². The summed E-state index contributed by atoms with van der Waals surface area (Å²) in [6.07, 6.45) is 3.09. The number of hydrogen-bond acceptors (Lipinski definition) is 5. The molecule has 0 saturated carbocycles. The van der Waals surface area contributed by atoms with Crippen molar-refractivity contribution in [3.63, 3.8) is 0 Å². The van der Waals surface area contributed by atoms with Gasteiger partial charge in [0, 0.05) is 18.0 Å². The number of amides is 1. The first kappa shape index (κ1) is 18.1. The Morgan fingerprint density at radius 1 is 1.11 bits per heavy atom. The van der Waals surface area contributed by atoms with E-state index in [1.807, 2.05) is 30.3 Å². The van der Waals surface area contributed by atoms with Crippen molar-refractivity contribution >= 4 is 18.1 Å². The first-order valence-corrected chi connectivity index (χ1v) is 8.24. The topological polar surface area (TPSA) is 90.3 Å². The number of anilines is 1. The Bertz CT molecular complexity index is 985. The highest BCUT2D eigenvalue weighted by Crippen LogP contribution is 2.18. The third kappa shape index (κ3) is 4.46. The number of nitrogens with one attached hydrogen (secondary N) is 1. The van der Waals surface area contributed by atoms with Gasteiger partial charge < -0.3 is 9.53 Å². The van der Waals surface area contributed by atoms with Gasteiger partial charge in [-0.05, 0) is 29.8 Å². The Morgan fingerprint density at radius 3 is 2.63 bits per heavy atom. The summed E-state index contributed by atoms with van der Waals surface area (Å²) in [5.74, 6) is 0. The number of benzene rings is 1. The van der Waals surface area contributed by atoms with Gasteiger partial charge in [-0.2, -0.15) is 0 Å². The van der Waals surface area contributed by atoms with E-state index in [1.54, 1.807) is 30.6 Å². The van der Waals surface area contributed by atoms with Crippen molar-refractivity contribution < 1.29 is 14.3 Å². The minimum absolute atomic E-state index is 0.0301. The Labute approximate surface area is 155 Å². The molecule has 1 N–H and O–H groups in total. The molecule has 1 aromatic carbocycles. The van der Waals surface area contributed by atoms with Crippen LogP contribution in [-0.4, -0.2) is 21.9 Å². The highest BCUT2D eigenvalue weighted by molar-refractivity contribution is 5.84. The van der Waals surface area contributed by atoms with Crippen LogP contribution in [0.3, 0.4) is 0 Å². The average Bonchev–Trinajstić information content (AvgIpc) is 2.71. The Balaban J connectivity index is 1.80. The molecule has 0 aliphatic carbocycles. The lowest BCUT2D eigenvalue weighted by Crippen LogP contribution is -2.27. The van der Waals surface area contributed by atoms with Crippen molar-refractivity contribution in [2.24, 2.45) is 0 Å². The largest absolute Gasteiger partial charge is 0.444 e. The number of nitrogens with zero attached hydrogens (tertiary/aromatic N) is 2. The number of carbonyl (C=O) groups is 2. The zero-order valence-corrected chi connectivity index (χ0v) is 14.4. The fraction of sp³-hybridized carbons (Fsp3) is 0.100. The van der Waals surface area contributed by atoms with Crippen LogP contribution >= 0.6 is 0 Å². The molecule has 3 aromatic rings. The molecule has 0 atom stereocenters. The van der Waals surface area contributed by atoms with Crippen LogP contribution in [0.25, 0.3) is 11.3 Å². The third-order valence-corrected chi connectivity index (χ3v) is 3.84. The molecule has 0 bridgehead atoms. The Kier molecular flexibility index (Phi) is 5.73. The second-order valence-corrected chi connectivity index (χ2v) is 5.64. The fourth-order valence-corrected chi connectivity index (χ4v) is 2.56. The monoisotopic (exact) mass is 363 g/mol. The molecule has 0 fully saturated rings. The maximum absolute atomic E-state index is 12.7. The average molecular weight is 363 g/mol. The molecule has 0 saturated heterocycles. The van der Waals surface area contributed by atoms with Crippen molar-refractivity contribution in [3.8, 4) is 11.3 Å².